The number of nitrogen functional groups attached to an aromatic ring is 1. The van der Waals surface area contributed by atoms with Crippen molar-refractivity contribution in [1.82, 2.24) is 0 Å². The van der Waals surface area contributed by atoms with E-state index in [0.29, 0.717) is 17.2 Å². The molecular formula is C14H13NO4. The zero-order chi connectivity index (χ0) is 13.8. The van der Waals surface area contributed by atoms with Gasteiger partial charge in [-0.2, -0.15) is 0 Å². The molecule has 0 fully saturated rings. The number of phenols is 1. The topological polar surface area (TPSA) is 81.8 Å². The molecule has 19 heavy (non-hydrogen) atoms. The van der Waals surface area contributed by atoms with Gasteiger partial charge >= 0.3 is 5.97 Å². The van der Waals surface area contributed by atoms with Crippen molar-refractivity contribution in [1.29, 1.82) is 0 Å². The molecule has 3 N–H and O–H groups in total. The lowest BCUT2D eigenvalue weighted by Gasteiger charge is -2.07. The van der Waals surface area contributed by atoms with Gasteiger partial charge in [-0.1, -0.05) is 6.07 Å². The number of ether oxygens (including phenoxy) is 2. The van der Waals surface area contributed by atoms with Crippen LogP contribution < -0.4 is 15.2 Å². The molecule has 2 rings (SSSR count). The van der Waals surface area contributed by atoms with E-state index in [0.717, 1.165) is 0 Å². The summed E-state index contributed by atoms with van der Waals surface area (Å²) in [5.41, 5.74) is 5.91. The Morgan fingerprint density at radius 1 is 1.16 bits per heavy atom. The number of rotatable bonds is 3. The van der Waals surface area contributed by atoms with Crippen molar-refractivity contribution < 1.29 is 19.4 Å². The van der Waals surface area contributed by atoms with Crippen molar-refractivity contribution in [2.75, 3.05) is 12.8 Å². The van der Waals surface area contributed by atoms with E-state index in [2.05, 4.69) is 0 Å². The molecule has 0 spiro atoms. The lowest BCUT2D eigenvalue weighted by molar-refractivity contribution is 0.0731. The maximum Gasteiger partial charge on any atom is 0.347 e. The van der Waals surface area contributed by atoms with Gasteiger partial charge in [-0.3, -0.25) is 0 Å². The first-order valence-corrected chi connectivity index (χ1v) is 5.55. The average molecular weight is 259 g/mol. The van der Waals surface area contributed by atoms with Crippen LogP contribution in [0.5, 0.6) is 17.2 Å². The minimum Gasteiger partial charge on any atom is -0.507 e. The van der Waals surface area contributed by atoms with E-state index >= 15 is 0 Å². The molecule has 0 unspecified atom stereocenters. The van der Waals surface area contributed by atoms with Crippen molar-refractivity contribution in [3.63, 3.8) is 0 Å². The molecule has 0 aromatic heterocycles. The molecule has 0 aliphatic carbocycles. The third-order valence-electron chi connectivity index (χ3n) is 2.49. The fourth-order valence-electron chi connectivity index (χ4n) is 1.55. The monoisotopic (exact) mass is 259 g/mol. The van der Waals surface area contributed by atoms with Gasteiger partial charge in [-0.15, -0.1) is 0 Å². The minimum absolute atomic E-state index is 0.0528. The fourth-order valence-corrected chi connectivity index (χ4v) is 1.55. The molecule has 5 heteroatoms. The number of aromatic hydroxyl groups is 1. The van der Waals surface area contributed by atoms with Gasteiger partial charge in [0.2, 0.25) is 0 Å². The van der Waals surface area contributed by atoms with Crippen LogP contribution in [0.3, 0.4) is 0 Å². The van der Waals surface area contributed by atoms with Crippen molar-refractivity contribution >= 4 is 11.7 Å². The number of phenolic OH excluding ortho intramolecular Hbond substituents is 1. The number of carbonyl (C=O) groups is 1. The van der Waals surface area contributed by atoms with Crippen LogP contribution in [0, 0.1) is 0 Å². The number of benzene rings is 2. The molecule has 0 bridgehead atoms. The molecule has 0 saturated heterocycles. The molecule has 0 amide bonds. The highest BCUT2D eigenvalue weighted by Gasteiger charge is 2.14. The first kappa shape index (κ1) is 12.8. The second kappa shape index (κ2) is 5.30. The summed E-state index contributed by atoms with van der Waals surface area (Å²) in [5, 5.41) is 9.64. The van der Waals surface area contributed by atoms with Gasteiger partial charge in [-0.05, 0) is 24.3 Å². The maximum atomic E-state index is 11.9. The Hall–Kier alpha value is -2.69. The van der Waals surface area contributed by atoms with Gasteiger partial charge < -0.3 is 20.3 Å². The average Bonchev–Trinajstić information content (AvgIpc) is 2.38. The van der Waals surface area contributed by atoms with Crippen molar-refractivity contribution in [3.05, 3.63) is 48.0 Å². The number of hydrogen-bond acceptors (Lipinski definition) is 5. The van der Waals surface area contributed by atoms with Crippen LogP contribution in [0.1, 0.15) is 10.4 Å². The second-order valence-corrected chi connectivity index (χ2v) is 3.85. The summed E-state index contributed by atoms with van der Waals surface area (Å²) in [7, 11) is 1.52. The predicted octanol–water partition coefficient (Wildman–Crippen LogP) is 2.20. The van der Waals surface area contributed by atoms with E-state index in [1.807, 2.05) is 0 Å². The molecular weight excluding hydrogens is 246 g/mol. The van der Waals surface area contributed by atoms with Crippen LogP contribution in [0.4, 0.5) is 5.69 Å². The molecule has 2 aromatic rings. The zero-order valence-electron chi connectivity index (χ0n) is 10.3. The normalized spacial score (nSPS) is 9.95. The molecule has 0 atom stereocenters. The van der Waals surface area contributed by atoms with E-state index < -0.39 is 5.97 Å². The van der Waals surface area contributed by atoms with Crippen LogP contribution in [0.15, 0.2) is 42.5 Å². The number of nitrogens with two attached hydrogens (primary N) is 1. The predicted molar refractivity (Wildman–Crippen MR) is 70.5 cm³/mol. The first-order valence-electron chi connectivity index (χ1n) is 5.55. The van der Waals surface area contributed by atoms with Crippen LogP contribution in [-0.4, -0.2) is 18.2 Å². The van der Waals surface area contributed by atoms with Crippen molar-refractivity contribution in [2.45, 2.75) is 0 Å². The van der Waals surface area contributed by atoms with E-state index in [1.54, 1.807) is 24.3 Å². The van der Waals surface area contributed by atoms with E-state index in [9.17, 15) is 9.90 Å². The lowest BCUT2D eigenvalue weighted by Crippen LogP contribution is -2.09. The van der Waals surface area contributed by atoms with E-state index in [-0.39, 0.29) is 11.3 Å². The molecule has 0 aliphatic rings. The van der Waals surface area contributed by atoms with Gasteiger partial charge in [0.25, 0.3) is 0 Å². The Labute approximate surface area is 110 Å². The first-order chi connectivity index (χ1) is 9.10. The molecule has 0 saturated carbocycles. The van der Waals surface area contributed by atoms with Gasteiger partial charge in [-0.25, -0.2) is 4.79 Å². The highest BCUT2D eigenvalue weighted by atomic mass is 16.5. The van der Waals surface area contributed by atoms with Crippen molar-refractivity contribution in [3.8, 4) is 17.2 Å². The third kappa shape index (κ3) is 2.95. The van der Waals surface area contributed by atoms with E-state index in [4.69, 9.17) is 15.2 Å². The minimum atomic E-state index is -0.661. The molecule has 2 aromatic carbocycles. The zero-order valence-corrected chi connectivity index (χ0v) is 10.3. The maximum absolute atomic E-state index is 11.9. The van der Waals surface area contributed by atoms with Crippen LogP contribution in [0.2, 0.25) is 0 Å². The summed E-state index contributed by atoms with van der Waals surface area (Å²) in [4.78, 5) is 11.9. The second-order valence-electron chi connectivity index (χ2n) is 3.85. The number of carbonyl (C=O) groups excluding carboxylic acids is 1. The molecule has 0 radical (unpaired) electrons. The molecule has 0 heterocycles. The Morgan fingerprint density at radius 3 is 2.58 bits per heavy atom. The summed E-state index contributed by atoms with van der Waals surface area (Å²) in [6, 6.07) is 10.8. The fraction of sp³-hybridized carbons (Fsp3) is 0.0714. The quantitative estimate of drug-likeness (QED) is 0.501. The highest BCUT2D eigenvalue weighted by molar-refractivity contribution is 5.94. The third-order valence-corrected chi connectivity index (χ3v) is 2.49. The van der Waals surface area contributed by atoms with Gasteiger partial charge in [0.15, 0.2) is 0 Å². The van der Waals surface area contributed by atoms with Gasteiger partial charge in [0.05, 0.1) is 7.11 Å². The Morgan fingerprint density at radius 2 is 1.89 bits per heavy atom. The molecule has 98 valence electrons. The largest absolute Gasteiger partial charge is 0.507 e. The summed E-state index contributed by atoms with van der Waals surface area (Å²) in [6.07, 6.45) is 0. The molecule has 5 nitrogen and oxygen atoms in total. The lowest BCUT2D eigenvalue weighted by atomic mass is 10.2. The summed E-state index contributed by atoms with van der Waals surface area (Å²) >= 11 is 0. The standard InChI is InChI=1S/C14H13NO4/c1-18-10-3-2-4-11(8-10)19-14(17)12-6-5-9(15)7-13(12)16/h2-8,16H,15H2,1H3. The number of esters is 1. The Kier molecular flexibility index (Phi) is 3.56. The highest BCUT2D eigenvalue weighted by Crippen LogP contribution is 2.24. The van der Waals surface area contributed by atoms with Crippen LogP contribution in [0.25, 0.3) is 0 Å². The summed E-state index contributed by atoms with van der Waals surface area (Å²) < 4.78 is 10.2. The van der Waals surface area contributed by atoms with Gasteiger partial charge in [0, 0.05) is 17.8 Å². The summed E-state index contributed by atoms with van der Waals surface area (Å²) in [6.45, 7) is 0. The summed E-state index contributed by atoms with van der Waals surface area (Å²) in [5.74, 6) is 0.0334. The van der Waals surface area contributed by atoms with Gasteiger partial charge in [0.1, 0.15) is 22.8 Å². The Balaban J connectivity index is 2.20. The molecule has 0 aliphatic heterocycles. The van der Waals surface area contributed by atoms with E-state index in [1.165, 1.54) is 25.3 Å². The Bertz CT molecular complexity index is 610. The smallest absolute Gasteiger partial charge is 0.347 e. The SMILES string of the molecule is COc1cccc(OC(=O)c2ccc(N)cc2O)c1. The van der Waals surface area contributed by atoms with Crippen LogP contribution >= 0.6 is 0 Å². The van der Waals surface area contributed by atoms with Crippen LogP contribution in [-0.2, 0) is 0 Å². The number of anilines is 1. The van der Waals surface area contributed by atoms with Crippen molar-refractivity contribution in [2.24, 2.45) is 0 Å². The number of methoxy groups -OCH3 is 1. The number of hydrogen-bond donors (Lipinski definition) is 2.